The average molecular weight is 461 g/mol. The second-order valence-electron chi connectivity index (χ2n) is 7.59. The minimum atomic E-state index is -0.425. The van der Waals surface area contributed by atoms with Gasteiger partial charge in [-0.05, 0) is 55.0 Å². The van der Waals surface area contributed by atoms with Gasteiger partial charge in [-0.3, -0.25) is 4.79 Å². The molecule has 0 fully saturated rings. The monoisotopic (exact) mass is 461 g/mol. The molecule has 0 aliphatic rings. The van der Waals surface area contributed by atoms with Crippen molar-refractivity contribution >= 4 is 28.1 Å². The lowest BCUT2D eigenvalue weighted by atomic mass is 9.98. The van der Waals surface area contributed by atoms with E-state index >= 15 is 0 Å². The molecule has 0 unspecified atom stereocenters. The van der Waals surface area contributed by atoms with Crippen molar-refractivity contribution in [2.45, 2.75) is 6.92 Å². The first-order chi connectivity index (χ1) is 16.4. The van der Waals surface area contributed by atoms with E-state index in [1.165, 1.54) is 24.3 Å². The van der Waals surface area contributed by atoms with Gasteiger partial charge in [0.25, 0.3) is 0 Å². The van der Waals surface area contributed by atoms with Crippen LogP contribution in [0.25, 0.3) is 27.7 Å². The number of halogens is 1. The summed E-state index contributed by atoms with van der Waals surface area (Å²) in [6, 6.07) is 15.0. The quantitative estimate of drug-likeness (QED) is 0.327. The normalized spacial score (nSPS) is 11.4. The molecule has 7 heteroatoms. The Morgan fingerprint density at radius 1 is 0.941 bits per heavy atom. The molecule has 0 saturated heterocycles. The zero-order chi connectivity index (χ0) is 24.2. The number of furan rings is 1. The lowest BCUT2D eigenvalue weighted by Gasteiger charge is -2.12. The third-order valence-electron chi connectivity index (χ3n) is 5.46. The predicted octanol–water partition coefficient (Wildman–Crippen LogP) is 6.31. The molecule has 174 valence electrons. The van der Waals surface area contributed by atoms with Gasteiger partial charge < -0.3 is 23.9 Å². The minimum Gasteiger partial charge on any atom is -0.497 e. The topological polar surface area (TPSA) is 69.9 Å². The maximum atomic E-state index is 13.4. The second-order valence-corrected chi connectivity index (χ2v) is 7.59. The van der Waals surface area contributed by atoms with Crippen molar-refractivity contribution in [3.63, 3.8) is 0 Å². The number of carbonyl (C=O) groups is 1. The van der Waals surface area contributed by atoms with Gasteiger partial charge in [-0.15, -0.1) is 0 Å². The Morgan fingerprint density at radius 2 is 1.74 bits per heavy atom. The lowest BCUT2D eigenvalue weighted by Crippen LogP contribution is -2.08. The molecule has 0 radical (unpaired) electrons. The van der Waals surface area contributed by atoms with E-state index in [0.717, 1.165) is 16.5 Å². The number of benzene rings is 3. The Bertz CT molecular complexity index is 1390. The minimum absolute atomic E-state index is 0.374. The van der Waals surface area contributed by atoms with Crippen LogP contribution in [0.4, 0.5) is 10.1 Å². The number of carbonyl (C=O) groups excluding carboxylic acids is 1. The van der Waals surface area contributed by atoms with Crippen LogP contribution in [0.15, 0.2) is 71.4 Å². The summed E-state index contributed by atoms with van der Waals surface area (Å²) in [4.78, 5) is 12.6. The molecule has 6 nitrogen and oxygen atoms in total. The first-order valence-electron chi connectivity index (χ1n) is 10.5. The highest BCUT2D eigenvalue weighted by molar-refractivity contribution is 6.05. The van der Waals surface area contributed by atoms with Crippen molar-refractivity contribution in [2.75, 3.05) is 26.6 Å². The average Bonchev–Trinajstić information content (AvgIpc) is 3.25. The van der Waals surface area contributed by atoms with Gasteiger partial charge in [-0.25, -0.2) is 4.39 Å². The van der Waals surface area contributed by atoms with Gasteiger partial charge in [-0.1, -0.05) is 6.07 Å². The maximum Gasteiger partial charge on any atom is 0.248 e. The van der Waals surface area contributed by atoms with Crippen LogP contribution in [0.3, 0.4) is 0 Å². The molecule has 0 aliphatic heterocycles. The van der Waals surface area contributed by atoms with Gasteiger partial charge in [0.15, 0.2) is 0 Å². The van der Waals surface area contributed by atoms with E-state index in [9.17, 15) is 9.18 Å². The first-order valence-corrected chi connectivity index (χ1v) is 10.5. The maximum absolute atomic E-state index is 13.4. The van der Waals surface area contributed by atoms with E-state index in [0.29, 0.717) is 39.7 Å². The van der Waals surface area contributed by atoms with E-state index in [2.05, 4.69) is 5.32 Å². The van der Waals surface area contributed by atoms with Crippen molar-refractivity contribution in [3.05, 3.63) is 78.3 Å². The second kappa shape index (κ2) is 9.70. The van der Waals surface area contributed by atoms with E-state index < -0.39 is 5.82 Å². The van der Waals surface area contributed by atoms with Crippen LogP contribution in [0.2, 0.25) is 0 Å². The number of hydrogen-bond donors (Lipinski definition) is 1. The summed E-state index contributed by atoms with van der Waals surface area (Å²) >= 11 is 0. The molecule has 0 bridgehead atoms. The summed E-state index contributed by atoms with van der Waals surface area (Å²) in [5.74, 6) is 1.10. The summed E-state index contributed by atoms with van der Waals surface area (Å²) in [7, 11) is 4.76. The Balaban J connectivity index is 1.76. The molecule has 0 aliphatic carbocycles. The van der Waals surface area contributed by atoms with Gasteiger partial charge in [-0.2, -0.15) is 0 Å². The number of nitrogens with one attached hydrogen (secondary N) is 1. The highest BCUT2D eigenvalue weighted by Crippen LogP contribution is 2.41. The van der Waals surface area contributed by atoms with Crippen LogP contribution in [0.5, 0.6) is 17.2 Å². The third kappa shape index (κ3) is 4.59. The number of fused-ring (bicyclic) bond motifs is 1. The number of methoxy groups -OCH3 is 3. The molecule has 34 heavy (non-hydrogen) atoms. The highest BCUT2D eigenvalue weighted by Gasteiger charge is 2.18. The molecule has 1 N–H and O–H groups in total. The fourth-order valence-electron chi connectivity index (χ4n) is 3.78. The van der Waals surface area contributed by atoms with Gasteiger partial charge in [0, 0.05) is 39.9 Å². The largest absolute Gasteiger partial charge is 0.497 e. The van der Waals surface area contributed by atoms with Crippen molar-refractivity contribution in [2.24, 2.45) is 0 Å². The summed E-state index contributed by atoms with van der Waals surface area (Å²) in [6.07, 6.45) is 3.10. The number of anilines is 1. The molecule has 4 rings (SSSR count). The molecule has 4 aromatic rings. The fraction of sp³-hybridized carbons (Fsp3) is 0.148. The van der Waals surface area contributed by atoms with Gasteiger partial charge in [0.05, 0.1) is 27.6 Å². The van der Waals surface area contributed by atoms with Crippen molar-refractivity contribution in [1.29, 1.82) is 0 Å². The third-order valence-corrected chi connectivity index (χ3v) is 5.46. The number of hydrogen-bond acceptors (Lipinski definition) is 5. The first kappa shape index (κ1) is 22.9. The zero-order valence-electron chi connectivity index (χ0n) is 19.3. The Morgan fingerprint density at radius 3 is 2.44 bits per heavy atom. The van der Waals surface area contributed by atoms with Crippen LogP contribution in [-0.4, -0.2) is 27.2 Å². The van der Waals surface area contributed by atoms with Crippen LogP contribution in [0.1, 0.15) is 12.5 Å². The molecule has 3 aromatic carbocycles. The molecule has 1 amide bonds. The standard InChI is InChI=1S/C27H24FNO5/c1-16(10-27(30)29-18-7-5-6-17(28)11-18)20-13-22-23(15-34-26(22)14-25(20)33-4)21-12-19(31-2)8-9-24(21)32-3/h5-15H,1-4H3,(H,29,30)/b16-10+. The van der Waals surface area contributed by atoms with Gasteiger partial charge >= 0.3 is 0 Å². The molecule has 1 aromatic heterocycles. The van der Waals surface area contributed by atoms with Crippen LogP contribution >= 0.6 is 0 Å². The van der Waals surface area contributed by atoms with Crippen molar-refractivity contribution in [1.82, 2.24) is 0 Å². The van der Waals surface area contributed by atoms with E-state index in [4.69, 9.17) is 18.6 Å². The van der Waals surface area contributed by atoms with Crippen molar-refractivity contribution < 1.29 is 27.8 Å². The zero-order valence-corrected chi connectivity index (χ0v) is 19.3. The summed E-state index contributed by atoms with van der Waals surface area (Å²) < 4.78 is 35.7. The number of ether oxygens (including phenoxy) is 3. The predicted molar refractivity (Wildman–Crippen MR) is 130 cm³/mol. The molecule has 0 atom stereocenters. The molecule has 0 saturated carbocycles. The number of rotatable bonds is 7. The lowest BCUT2D eigenvalue weighted by molar-refractivity contribution is -0.111. The van der Waals surface area contributed by atoms with Crippen LogP contribution in [-0.2, 0) is 4.79 Å². The molecule has 1 heterocycles. The number of amides is 1. The molecule has 0 spiro atoms. The number of allylic oxidation sites excluding steroid dienone is 1. The fourth-order valence-corrected chi connectivity index (χ4v) is 3.78. The van der Waals surface area contributed by atoms with Crippen LogP contribution in [0, 0.1) is 5.82 Å². The Labute approximate surface area is 196 Å². The highest BCUT2D eigenvalue weighted by atomic mass is 19.1. The smallest absolute Gasteiger partial charge is 0.248 e. The van der Waals surface area contributed by atoms with Gasteiger partial charge in [0.2, 0.25) is 5.91 Å². The molecular weight excluding hydrogens is 437 g/mol. The molecular formula is C27H24FNO5. The van der Waals surface area contributed by atoms with E-state index in [-0.39, 0.29) is 5.91 Å². The Hall–Kier alpha value is -4.26. The Kier molecular flexibility index (Phi) is 6.54. The summed E-state index contributed by atoms with van der Waals surface area (Å²) in [5, 5.41) is 3.49. The van der Waals surface area contributed by atoms with E-state index in [1.807, 2.05) is 24.3 Å². The van der Waals surface area contributed by atoms with Crippen LogP contribution < -0.4 is 19.5 Å². The van der Waals surface area contributed by atoms with Gasteiger partial charge in [0.1, 0.15) is 28.6 Å². The SMILES string of the molecule is COc1ccc(OC)c(-c2coc3cc(OC)c(/C(C)=C/C(=O)Nc4cccc(F)c4)cc23)c1. The van der Waals surface area contributed by atoms with Crippen molar-refractivity contribution in [3.8, 4) is 28.4 Å². The summed E-state index contributed by atoms with van der Waals surface area (Å²) in [5.41, 5.74) is 4.00. The van der Waals surface area contributed by atoms with E-state index in [1.54, 1.807) is 46.6 Å². The summed E-state index contributed by atoms with van der Waals surface area (Å²) in [6.45, 7) is 1.81.